The van der Waals surface area contributed by atoms with Crippen molar-refractivity contribution in [2.75, 3.05) is 11.9 Å². The van der Waals surface area contributed by atoms with Gasteiger partial charge in [-0.15, -0.1) is 12.4 Å². The van der Waals surface area contributed by atoms with Crippen LogP contribution in [0.3, 0.4) is 0 Å². The first-order chi connectivity index (χ1) is 10.6. The summed E-state index contributed by atoms with van der Waals surface area (Å²) >= 11 is 0. The lowest BCUT2D eigenvalue weighted by atomic mass is 10.1. The summed E-state index contributed by atoms with van der Waals surface area (Å²) < 4.78 is 26.0. The van der Waals surface area contributed by atoms with Crippen LogP contribution in [-0.4, -0.2) is 12.5 Å². The van der Waals surface area contributed by atoms with Gasteiger partial charge in [-0.2, -0.15) is 0 Å². The van der Waals surface area contributed by atoms with Gasteiger partial charge in [0.2, 0.25) is 5.91 Å². The molecule has 0 saturated heterocycles. The predicted molar refractivity (Wildman–Crippen MR) is 89.8 cm³/mol. The van der Waals surface area contributed by atoms with Crippen LogP contribution in [0.4, 0.5) is 14.5 Å². The van der Waals surface area contributed by atoms with Gasteiger partial charge < -0.3 is 10.6 Å². The largest absolute Gasteiger partial charge is 0.325 e. The molecule has 3 nitrogen and oxygen atoms in total. The maximum atomic E-state index is 13.1. The summed E-state index contributed by atoms with van der Waals surface area (Å²) in [5, 5.41) is 6.01. The third-order valence-electron chi connectivity index (χ3n) is 3.21. The van der Waals surface area contributed by atoms with Gasteiger partial charge in [0.15, 0.2) is 11.6 Å². The Labute approximate surface area is 140 Å². The van der Waals surface area contributed by atoms with Crippen molar-refractivity contribution in [1.82, 2.24) is 5.32 Å². The zero-order chi connectivity index (χ0) is 15.9. The molecular weight excluding hydrogens is 322 g/mol. The molecule has 2 aromatic rings. The summed E-state index contributed by atoms with van der Waals surface area (Å²) in [5.74, 6) is -2.13. The fourth-order valence-corrected chi connectivity index (χ4v) is 2.09. The highest BCUT2D eigenvalue weighted by Gasteiger charge is 2.09. The number of amides is 1. The highest BCUT2D eigenvalue weighted by atomic mass is 35.5. The SMILES string of the molecule is CCNCc1ccccc1NC(=O)Cc1ccc(F)c(F)c1.Cl. The van der Waals surface area contributed by atoms with E-state index in [1.807, 2.05) is 31.2 Å². The van der Waals surface area contributed by atoms with Crippen molar-refractivity contribution in [2.24, 2.45) is 0 Å². The van der Waals surface area contributed by atoms with Crippen LogP contribution in [0.25, 0.3) is 0 Å². The molecule has 0 aromatic heterocycles. The zero-order valence-electron chi connectivity index (χ0n) is 12.7. The maximum absolute atomic E-state index is 13.1. The molecule has 0 radical (unpaired) electrons. The Bertz CT molecular complexity index is 665. The van der Waals surface area contributed by atoms with Gasteiger partial charge in [0.1, 0.15) is 0 Å². The molecule has 0 saturated carbocycles. The van der Waals surface area contributed by atoms with Crippen LogP contribution < -0.4 is 10.6 Å². The average molecular weight is 341 g/mol. The Balaban J connectivity index is 0.00000264. The molecule has 0 aliphatic heterocycles. The second-order valence-electron chi connectivity index (χ2n) is 4.91. The highest BCUT2D eigenvalue weighted by Crippen LogP contribution is 2.16. The normalized spacial score (nSPS) is 10.0. The van der Waals surface area contributed by atoms with Crippen molar-refractivity contribution in [2.45, 2.75) is 19.9 Å². The molecule has 124 valence electrons. The lowest BCUT2D eigenvalue weighted by molar-refractivity contribution is -0.115. The second kappa shape index (κ2) is 9.22. The first-order valence-electron chi connectivity index (χ1n) is 7.12. The average Bonchev–Trinajstić information content (AvgIpc) is 2.50. The molecule has 0 unspecified atom stereocenters. The Morgan fingerprint density at radius 3 is 2.52 bits per heavy atom. The number of anilines is 1. The monoisotopic (exact) mass is 340 g/mol. The van der Waals surface area contributed by atoms with Crippen LogP contribution in [-0.2, 0) is 17.8 Å². The van der Waals surface area contributed by atoms with Gasteiger partial charge in [0, 0.05) is 12.2 Å². The smallest absolute Gasteiger partial charge is 0.228 e. The van der Waals surface area contributed by atoms with E-state index in [1.165, 1.54) is 6.07 Å². The summed E-state index contributed by atoms with van der Waals surface area (Å²) in [6.45, 7) is 3.49. The Morgan fingerprint density at radius 1 is 1.09 bits per heavy atom. The first-order valence-corrected chi connectivity index (χ1v) is 7.12. The number of rotatable bonds is 6. The molecule has 1 amide bonds. The van der Waals surface area contributed by atoms with Crippen molar-refractivity contribution >= 4 is 24.0 Å². The Hall–Kier alpha value is -1.98. The molecule has 2 N–H and O–H groups in total. The number of hydrogen-bond donors (Lipinski definition) is 2. The summed E-state index contributed by atoms with van der Waals surface area (Å²) in [4.78, 5) is 12.1. The third kappa shape index (κ3) is 5.62. The van der Waals surface area contributed by atoms with E-state index in [0.717, 1.165) is 29.9 Å². The van der Waals surface area contributed by atoms with Gasteiger partial charge in [-0.25, -0.2) is 8.78 Å². The van der Waals surface area contributed by atoms with Crippen molar-refractivity contribution < 1.29 is 13.6 Å². The minimum atomic E-state index is -0.946. The van der Waals surface area contributed by atoms with Gasteiger partial charge in [-0.3, -0.25) is 4.79 Å². The predicted octanol–water partition coefficient (Wildman–Crippen LogP) is 3.68. The van der Waals surface area contributed by atoms with Gasteiger partial charge in [-0.05, 0) is 35.9 Å². The van der Waals surface area contributed by atoms with Gasteiger partial charge in [0.25, 0.3) is 0 Å². The van der Waals surface area contributed by atoms with Crippen LogP contribution >= 0.6 is 12.4 Å². The lowest BCUT2D eigenvalue weighted by Gasteiger charge is -2.11. The standard InChI is InChI=1S/C17H18F2N2O.ClH/c1-2-20-11-13-5-3-4-6-16(13)21-17(22)10-12-7-8-14(18)15(19)9-12;/h3-9,20H,2,10-11H2,1H3,(H,21,22);1H. The number of benzene rings is 2. The van der Waals surface area contributed by atoms with Crippen molar-refractivity contribution in [3.8, 4) is 0 Å². The van der Waals surface area contributed by atoms with E-state index < -0.39 is 11.6 Å². The molecule has 0 aliphatic rings. The molecule has 0 spiro atoms. The molecule has 0 heterocycles. The summed E-state index contributed by atoms with van der Waals surface area (Å²) in [7, 11) is 0. The van der Waals surface area contributed by atoms with Crippen molar-refractivity contribution in [3.05, 3.63) is 65.2 Å². The molecule has 6 heteroatoms. The highest BCUT2D eigenvalue weighted by molar-refractivity contribution is 5.93. The van der Waals surface area contributed by atoms with Crippen LogP contribution in [0, 0.1) is 11.6 Å². The number of hydrogen-bond acceptors (Lipinski definition) is 2. The fraction of sp³-hybridized carbons (Fsp3) is 0.235. The number of halogens is 3. The Morgan fingerprint density at radius 2 is 1.83 bits per heavy atom. The molecule has 2 rings (SSSR count). The van der Waals surface area contributed by atoms with Crippen molar-refractivity contribution in [1.29, 1.82) is 0 Å². The fourth-order valence-electron chi connectivity index (χ4n) is 2.09. The number of carbonyl (C=O) groups is 1. The molecule has 0 atom stereocenters. The van der Waals surface area contributed by atoms with Crippen LogP contribution in [0.5, 0.6) is 0 Å². The van der Waals surface area contributed by atoms with E-state index >= 15 is 0 Å². The van der Waals surface area contributed by atoms with E-state index in [2.05, 4.69) is 10.6 Å². The first kappa shape index (κ1) is 19.1. The van der Waals surface area contributed by atoms with E-state index in [4.69, 9.17) is 0 Å². The molecule has 23 heavy (non-hydrogen) atoms. The quantitative estimate of drug-likeness (QED) is 0.842. The molecule has 0 bridgehead atoms. The number of carbonyl (C=O) groups excluding carboxylic acids is 1. The third-order valence-corrected chi connectivity index (χ3v) is 3.21. The lowest BCUT2D eigenvalue weighted by Crippen LogP contribution is -2.18. The van der Waals surface area contributed by atoms with Crippen LogP contribution in [0.15, 0.2) is 42.5 Å². The van der Waals surface area contributed by atoms with Crippen molar-refractivity contribution in [3.63, 3.8) is 0 Å². The number of nitrogens with one attached hydrogen (secondary N) is 2. The van der Waals surface area contributed by atoms with Gasteiger partial charge in [0.05, 0.1) is 6.42 Å². The minimum Gasteiger partial charge on any atom is -0.325 e. The zero-order valence-corrected chi connectivity index (χ0v) is 13.6. The topological polar surface area (TPSA) is 41.1 Å². The van der Waals surface area contributed by atoms with E-state index in [0.29, 0.717) is 12.1 Å². The molecule has 0 fully saturated rings. The van der Waals surface area contributed by atoms with Gasteiger partial charge in [-0.1, -0.05) is 31.2 Å². The van der Waals surface area contributed by atoms with Gasteiger partial charge >= 0.3 is 0 Å². The molecule has 0 aliphatic carbocycles. The number of para-hydroxylation sites is 1. The van der Waals surface area contributed by atoms with E-state index in [-0.39, 0.29) is 24.7 Å². The van der Waals surface area contributed by atoms with Crippen LogP contribution in [0.2, 0.25) is 0 Å². The minimum absolute atomic E-state index is 0. The summed E-state index contributed by atoms with van der Waals surface area (Å²) in [6.07, 6.45) is -0.00720. The summed E-state index contributed by atoms with van der Waals surface area (Å²) in [5.41, 5.74) is 2.12. The van der Waals surface area contributed by atoms with E-state index in [1.54, 1.807) is 0 Å². The van der Waals surface area contributed by atoms with E-state index in [9.17, 15) is 13.6 Å². The van der Waals surface area contributed by atoms with Crippen LogP contribution in [0.1, 0.15) is 18.1 Å². The summed E-state index contributed by atoms with van der Waals surface area (Å²) in [6, 6.07) is 10.9. The maximum Gasteiger partial charge on any atom is 0.228 e. The second-order valence-corrected chi connectivity index (χ2v) is 4.91. The molecule has 2 aromatic carbocycles. The Kier molecular flexibility index (Phi) is 7.65. The molecular formula is C17H19ClF2N2O.